The zero-order chi connectivity index (χ0) is 26.8. The van der Waals surface area contributed by atoms with E-state index in [1.807, 2.05) is 0 Å². The second kappa shape index (κ2) is 8.54. The minimum atomic E-state index is -5.58. The van der Waals surface area contributed by atoms with E-state index < -0.39 is 37.7 Å². The molecular weight excluding hydrogens is 513 g/mol. The predicted octanol–water partition coefficient (Wildman–Crippen LogP) is 3.75. The molecule has 1 spiro atoms. The molecule has 1 saturated carbocycles. The van der Waals surface area contributed by atoms with E-state index in [0.717, 1.165) is 36.3 Å². The Balaban J connectivity index is 1.48. The summed E-state index contributed by atoms with van der Waals surface area (Å²) in [6.45, 7) is 3.02. The number of hydrogen-bond acceptors (Lipinski definition) is 6. The van der Waals surface area contributed by atoms with Crippen LogP contribution >= 0.6 is 0 Å². The van der Waals surface area contributed by atoms with Crippen LogP contribution in [0.25, 0.3) is 0 Å². The number of aromatic nitrogens is 1. The first-order valence-electron chi connectivity index (χ1n) is 11.7. The van der Waals surface area contributed by atoms with Crippen molar-refractivity contribution in [2.45, 2.75) is 48.5 Å². The third-order valence-corrected chi connectivity index (χ3v) is 8.70. The normalized spacial score (nSPS) is 24.2. The fourth-order valence-electron chi connectivity index (χ4n) is 5.08. The van der Waals surface area contributed by atoms with E-state index in [2.05, 4.69) is 4.98 Å². The molecule has 1 aromatic carbocycles. The highest BCUT2D eigenvalue weighted by atomic mass is 32.2. The number of benzene rings is 1. The summed E-state index contributed by atoms with van der Waals surface area (Å²) >= 11 is 0. The Labute approximate surface area is 210 Å². The van der Waals surface area contributed by atoms with Gasteiger partial charge in [0, 0.05) is 19.3 Å². The van der Waals surface area contributed by atoms with Gasteiger partial charge in [0.25, 0.3) is 21.7 Å². The molecule has 37 heavy (non-hydrogen) atoms. The lowest BCUT2D eigenvalue weighted by Gasteiger charge is -2.27. The molecule has 196 valence electrons. The summed E-state index contributed by atoms with van der Waals surface area (Å²) in [4.78, 5) is 47.0. The minimum Gasteiger partial charge on any atom is -0.337 e. The van der Waals surface area contributed by atoms with Crippen molar-refractivity contribution >= 4 is 39.1 Å². The molecule has 3 aliphatic rings. The van der Waals surface area contributed by atoms with Crippen molar-refractivity contribution in [2.75, 3.05) is 22.9 Å². The Bertz CT molecular complexity index is 1390. The van der Waals surface area contributed by atoms with Gasteiger partial charge in [-0.1, -0.05) is 6.92 Å². The Morgan fingerprint density at radius 3 is 2.22 bits per heavy atom. The molecule has 4 amide bonds. The SMILES string of the molecule is CC1CC12C(=O)N(c1ccc(S(=O)(=O)C(F)(F)F)cc1)C(=O)N2c1ccnc(C(=O)N2CCCCC2)c1. The maximum absolute atomic E-state index is 13.6. The number of sulfone groups is 1. The molecule has 3 heterocycles. The number of nitrogens with zero attached hydrogens (tertiary/aromatic N) is 4. The van der Waals surface area contributed by atoms with E-state index in [9.17, 15) is 36.0 Å². The van der Waals surface area contributed by atoms with Crippen LogP contribution in [-0.4, -0.2) is 60.3 Å². The molecular formula is C24H23F3N4O5S. The van der Waals surface area contributed by atoms with E-state index in [1.54, 1.807) is 11.8 Å². The first kappa shape index (κ1) is 25.2. The molecule has 9 nitrogen and oxygen atoms in total. The van der Waals surface area contributed by atoms with E-state index in [1.165, 1.54) is 23.2 Å². The Morgan fingerprint density at radius 2 is 1.65 bits per heavy atom. The third-order valence-electron chi connectivity index (χ3n) is 7.20. The van der Waals surface area contributed by atoms with Crippen molar-refractivity contribution in [3.63, 3.8) is 0 Å². The number of imide groups is 1. The monoisotopic (exact) mass is 536 g/mol. The number of hydrogen-bond donors (Lipinski definition) is 0. The van der Waals surface area contributed by atoms with Crippen LogP contribution in [0.5, 0.6) is 0 Å². The van der Waals surface area contributed by atoms with Crippen LogP contribution in [0.15, 0.2) is 47.5 Å². The van der Waals surface area contributed by atoms with Crippen LogP contribution in [-0.2, 0) is 14.6 Å². The smallest absolute Gasteiger partial charge is 0.337 e. The molecule has 5 rings (SSSR count). The summed E-state index contributed by atoms with van der Waals surface area (Å²) in [6.07, 6.45) is 4.57. The maximum atomic E-state index is 13.6. The molecule has 0 radical (unpaired) electrons. The highest BCUT2D eigenvalue weighted by Crippen LogP contribution is 2.55. The van der Waals surface area contributed by atoms with Crippen molar-refractivity contribution in [1.82, 2.24) is 9.88 Å². The molecule has 2 unspecified atom stereocenters. The number of rotatable bonds is 4. The summed E-state index contributed by atoms with van der Waals surface area (Å²) in [5.74, 6) is -1.05. The Morgan fingerprint density at radius 1 is 1.03 bits per heavy atom. The summed E-state index contributed by atoms with van der Waals surface area (Å²) < 4.78 is 62.1. The van der Waals surface area contributed by atoms with Crippen molar-refractivity contribution in [2.24, 2.45) is 5.92 Å². The summed E-state index contributed by atoms with van der Waals surface area (Å²) in [5, 5.41) is 0. The fourth-order valence-corrected chi connectivity index (χ4v) is 5.84. The topological polar surface area (TPSA) is 108 Å². The molecule has 0 N–H and O–H groups in total. The predicted molar refractivity (Wildman–Crippen MR) is 126 cm³/mol. The van der Waals surface area contributed by atoms with Gasteiger partial charge < -0.3 is 4.90 Å². The number of urea groups is 1. The van der Waals surface area contributed by atoms with Crippen LogP contribution in [0.2, 0.25) is 0 Å². The highest BCUT2D eigenvalue weighted by Gasteiger charge is 2.70. The van der Waals surface area contributed by atoms with Gasteiger partial charge in [-0.25, -0.2) is 18.1 Å². The van der Waals surface area contributed by atoms with Crippen molar-refractivity contribution in [1.29, 1.82) is 0 Å². The van der Waals surface area contributed by atoms with Crippen LogP contribution in [0, 0.1) is 5.92 Å². The number of carbonyl (C=O) groups is 3. The average Bonchev–Trinajstić information content (AvgIpc) is 3.49. The first-order chi connectivity index (χ1) is 17.4. The highest BCUT2D eigenvalue weighted by molar-refractivity contribution is 7.92. The van der Waals surface area contributed by atoms with Gasteiger partial charge in [0.05, 0.1) is 16.3 Å². The molecule has 3 fully saturated rings. The molecule has 1 aliphatic carbocycles. The first-order valence-corrected chi connectivity index (χ1v) is 13.2. The van der Waals surface area contributed by atoms with Crippen LogP contribution in [0.3, 0.4) is 0 Å². The number of halogens is 3. The summed E-state index contributed by atoms with van der Waals surface area (Å²) in [7, 11) is -5.58. The van der Waals surface area contributed by atoms with Crippen LogP contribution in [0.4, 0.5) is 29.3 Å². The number of alkyl halides is 3. The second-order valence-corrected chi connectivity index (χ2v) is 11.4. The van der Waals surface area contributed by atoms with E-state index in [-0.39, 0.29) is 23.2 Å². The Hall–Kier alpha value is -3.48. The number of amides is 4. The quantitative estimate of drug-likeness (QED) is 0.551. The van der Waals surface area contributed by atoms with Gasteiger partial charge in [-0.15, -0.1) is 0 Å². The number of likely N-dealkylation sites (tertiary alicyclic amines) is 1. The van der Waals surface area contributed by atoms with Gasteiger partial charge >= 0.3 is 11.5 Å². The summed E-state index contributed by atoms with van der Waals surface area (Å²) in [6, 6.07) is 5.67. The molecule has 2 atom stereocenters. The van der Waals surface area contributed by atoms with E-state index >= 15 is 0 Å². The molecule has 2 aliphatic heterocycles. The maximum Gasteiger partial charge on any atom is 0.501 e. The lowest BCUT2D eigenvalue weighted by atomic mass is 10.1. The van der Waals surface area contributed by atoms with Gasteiger partial charge in [0.15, 0.2) is 0 Å². The zero-order valence-corrected chi connectivity index (χ0v) is 20.6. The standard InChI is InChI=1S/C24H23F3N4O5S/c1-15-14-23(15)21(33)30(16-5-7-18(8-6-16)37(35,36)24(25,26)27)22(34)31(23)17-9-10-28-19(13-17)20(32)29-11-3-2-4-12-29/h5-10,13,15H,2-4,11-12,14H2,1H3. The largest absolute Gasteiger partial charge is 0.501 e. The fraction of sp³-hybridized carbons (Fsp3) is 0.417. The van der Waals surface area contributed by atoms with Gasteiger partial charge in [-0.3, -0.25) is 19.5 Å². The van der Waals surface area contributed by atoms with Gasteiger partial charge in [-0.2, -0.15) is 13.2 Å². The molecule has 2 saturated heterocycles. The van der Waals surface area contributed by atoms with E-state index in [4.69, 9.17) is 0 Å². The van der Waals surface area contributed by atoms with Gasteiger partial charge in [-0.05, 0) is 68.0 Å². The van der Waals surface area contributed by atoms with Crippen LogP contribution < -0.4 is 9.80 Å². The van der Waals surface area contributed by atoms with Crippen LogP contribution in [0.1, 0.15) is 43.1 Å². The second-order valence-electron chi connectivity index (χ2n) is 9.48. The minimum absolute atomic E-state index is 0.0595. The van der Waals surface area contributed by atoms with Gasteiger partial charge in [0.1, 0.15) is 11.2 Å². The van der Waals surface area contributed by atoms with Crippen molar-refractivity contribution < 1.29 is 36.0 Å². The summed E-state index contributed by atoms with van der Waals surface area (Å²) in [5.41, 5.74) is -6.31. The molecule has 0 bridgehead atoms. The van der Waals surface area contributed by atoms with Crippen molar-refractivity contribution in [3.8, 4) is 0 Å². The lowest BCUT2D eigenvalue weighted by molar-refractivity contribution is -0.119. The zero-order valence-electron chi connectivity index (χ0n) is 19.7. The molecule has 13 heteroatoms. The molecule has 1 aromatic heterocycles. The number of pyridine rings is 1. The Kier molecular flexibility index (Phi) is 5.81. The number of anilines is 2. The average molecular weight is 537 g/mol. The lowest BCUT2D eigenvalue weighted by Crippen LogP contribution is -2.39. The van der Waals surface area contributed by atoms with Crippen molar-refractivity contribution in [3.05, 3.63) is 48.3 Å². The van der Waals surface area contributed by atoms with E-state index in [0.29, 0.717) is 37.3 Å². The number of carbonyl (C=O) groups excluding carboxylic acids is 3. The molecule has 2 aromatic rings. The number of piperidine rings is 1. The third kappa shape index (κ3) is 3.87. The van der Waals surface area contributed by atoms with Gasteiger partial charge in [0.2, 0.25) is 0 Å².